The monoisotopic (exact) mass is 459 g/mol. The molecule has 30 heavy (non-hydrogen) atoms. The third-order valence-electron chi connectivity index (χ3n) is 5.40. The molecule has 156 valence electrons. The van der Waals surface area contributed by atoms with E-state index in [0.717, 1.165) is 42.9 Å². The van der Waals surface area contributed by atoms with Crippen LogP contribution in [-0.4, -0.2) is 22.3 Å². The van der Waals surface area contributed by atoms with Crippen LogP contribution in [0.5, 0.6) is 0 Å². The molecule has 2 heterocycles. The van der Waals surface area contributed by atoms with Crippen molar-refractivity contribution in [3.63, 3.8) is 0 Å². The van der Waals surface area contributed by atoms with Crippen LogP contribution in [0.25, 0.3) is 0 Å². The topological polar surface area (TPSA) is 36.4 Å². The number of hydrogen-bond donors (Lipinski definition) is 0. The SMILES string of the molecule is CC(=O)N(c1ccc(C)cc1)c1nc(CN2CCCC2c2ccc(Cl)c(Cl)c2)cs1. The van der Waals surface area contributed by atoms with Gasteiger partial charge >= 0.3 is 0 Å². The molecule has 4 nitrogen and oxygen atoms in total. The molecule has 0 bridgehead atoms. The highest BCUT2D eigenvalue weighted by Gasteiger charge is 2.27. The first-order chi connectivity index (χ1) is 14.4. The van der Waals surface area contributed by atoms with Crippen LogP contribution in [0.1, 0.15) is 42.6 Å². The molecule has 0 N–H and O–H groups in total. The second kappa shape index (κ2) is 9.06. The molecule has 0 saturated carbocycles. The van der Waals surface area contributed by atoms with E-state index >= 15 is 0 Å². The van der Waals surface area contributed by atoms with Crippen LogP contribution in [0.2, 0.25) is 10.0 Å². The van der Waals surface area contributed by atoms with Crippen LogP contribution < -0.4 is 4.90 Å². The second-order valence-corrected chi connectivity index (χ2v) is 9.26. The summed E-state index contributed by atoms with van der Waals surface area (Å²) in [6.07, 6.45) is 2.21. The van der Waals surface area contributed by atoms with Gasteiger partial charge in [0.1, 0.15) is 0 Å². The largest absolute Gasteiger partial charge is 0.290 e. The van der Waals surface area contributed by atoms with Gasteiger partial charge in [0, 0.05) is 24.9 Å². The maximum atomic E-state index is 12.3. The lowest BCUT2D eigenvalue weighted by Crippen LogP contribution is -2.24. The molecule has 1 amide bonds. The van der Waals surface area contributed by atoms with Crippen LogP contribution >= 0.6 is 34.5 Å². The third-order valence-corrected chi connectivity index (χ3v) is 7.01. The van der Waals surface area contributed by atoms with E-state index in [9.17, 15) is 4.79 Å². The van der Waals surface area contributed by atoms with Crippen LogP contribution in [0, 0.1) is 6.92 Å². The molecule has 7 heteroatoms. The Labute approximate surface area is 191 Å². The molecule has 1 atom stereocenters. The van der Waals surface area contributed by atoms with Crippen LogP contribution in [0.4, 0.5) is 10.8 Å². The molecule has 1 aliphatic rings. The maximum absolute atomic E-state index is 12.3. The van der Waals surface area contributed by atoms with Gasteiger partial charge in [-0.15, -0.1) is 11.3 Å². The van der Waals surface area contributed by atoms with Gasteiger partial charge in [-0.2, -0.15) is 0 Å². The predicted molar refractivity (Wildman–Crippen MR) is 125 cm³/mol. The van der Waals surface area contributed by atoms with Gasteiger partial charge in [0.15, 0.2) is 5.13 Å². The van der Waals surface area contributed by atoms with Gasteiger partial charge in [0.25, 0.3) is 0 Å². The van der Waals surface area contributed by atoms with Gasteiger partial charge in [-0.1, -0.05) is 47.0 Å². The summed E-state index contributed by atoms with van der Waals surface area (Å²) in [5, 5.41) is 3.91. The summed E-state index contributed by atoms with van der Waals surface area (Å²) >= 11 is 13.8. The van der Waals surface area contributed by atoms with Crippen molar-refractivity contribution in [2.45, 2.75) is 39.3 Å². The van der Waals surface area contributed by atoms with Crippen molar-refractivity contribution in [3.05, 3.63) is 74.7 Å². The molecule has 1 saturated heterocycles. The highest BCUT2D eigenvalue weighted by molar-refractivity contribution is 7.14. The van der Waals surface area contributed by atoms with Gasteiger partial charge in [0.05, 0.1) is 21.4 Å². The van der Waals surface area contributed by atoms with E-state index < -0.39 is 0 Å². The fourth-order valence-corrected chi connectivity index (χ4v) is 5.10. The molecule has 2 aromatic carbocycles. The van der Waals surface area contributed by atoms with Crippen molar-refractivity contribution in [1.82, 2.24) is 9.88 Å². The molecule has 1 unspecified atom stereocenters. The van der Waals surface area contributed by atoms with E-state index in [1.165, 1.54) is 16.9 Å². The standard InChI is InChI=1S/C23H23Cl2N3OS/c1-15-5-8-19(9-6-15)28(16(2)29)23-26-18(14-30-23)13-27-11-3-4-22(27)17-7-10-20(24)21(25)12-17/h5-10,12,14,22H,3-4,11,13H2,1-2H3. The van der Waals surface area contributed by atoms with E-state index in [-0.39, 0.29) is 5.91 Å². The number of halogens is 2. The normalized spacial score (nSPS) is 16.7. The van der Waals surface area contributed by atoms with Crippen molar-refractivity contribution in [2.75, 3.05) is 11.4 Å². The first-order valence-corrected chi connectivity index (χ1v) is 11.6. The Balaban J connectivity index is 1.53. The molecule has 1 fully saturated rings. The lowest BCUT2D eigenvalue weighted by Gasteiger charge is -2.24. The molecular weight excluding hydrogens is 437 g/mol. The zero-order valence-electron chi connectivity index (χ0n) is 16.9. The highest BCUT2D eigenvalue weighted by atomic mass is 35.5. The smallest absolute Gasteiger partial charge is 0.230 e. The minimum absolute atomic E-state index is 0.0467. The number of carbonyl (C=O) groups is 1. The lowest BCUT2D eigenvalue weighted by molar-refractivity contribution is -0.115. The van der Waals surface area contributed by atoms with Gasteiger partial charge in [-0.05, 0) is 56.1 Å². The maximum Gasteiger partial charge on any atom is 0.230 e. The Bertz CT molecular complexity index is 1050. The molecule has 0 aliphatic carbocycles. The Morgan fingerprint density at radius 1 is 1.20 bits per heavy atom. The second-order valence-electron chi connectivity index (χ2n) is 7.61. The van der Waals surface area contributed by atoms with E-state index in [1.54, 1.807) is 11.8 Å². The van der Waals surface area contributed by atoms with Crippen molar-refractivity contribution in [3.8, 4) is 0 Å². The van der Waals surface area contributed by atoms with Crippen molar-refractivity contribution >= 4 is 51.3 Å². The van der Waals surface area contributed by atoms with Gasteiger partial charge in [-0.25, -0.2) is 4.98 Å². The van der Waals surface area contributed by atoms with Crippen molar-refractivity contribution in [1.29, 1.82) is 0 Å². The summed E-state index contributed by atoms with van der Waals surface area (Å²) < 4.78 is 0. The minimum Gasteiger partial charge on any atom is -0.290 e. The number of carbonyl (C=O) groups excluding carboxylic acids is 1. The Hall–Kier alpha value is -1.92. The zero-order valence-corrected chi connectivity index (χ0v) is 19.3. The summed E-state index contributed by atoms with van der Waals surface area (Å²) in [5.41, 5.74) is 4.15. The Kier molecular flexibility index (Phi) is 6.44. The first-order valence-electron chi connectivity index (χ1n) is 9.93. The highest BCUT2D eigenvalue weighted by Crippen LogP contribution is 2.37. The summed E-state index contributed by atoms with van der Waals surface area (Å²) in [6.45, 7) is 5.35. The molecule has 3 aromatic rings. The van der Waals surface area contributed by atoms with Crippen molar-refractivity contribution < 1.29 is 4.79 Å². The minimum atomic E-state index is -0.0467. The molecule has 0 spiro atoms. The molecule has 0 radical (unpaired) electrons. The number of anilines is 2. The lowest BCUT2D eigenvalue weighted by atomic mass is 10.0. The Morgan fingerprint density at radius 3 is 2.67 bits per heavy atom. The number of aromatic nitrogens is 1. The number of hydrogen-bond acceptors (Lipinski definition) is 4. The summed E-state index contributed by atoms with van der Waals surface area (Å²) in [6, 6.07) is 14.1. The van der Waals surface area contributed by atoms with E-state index in [0.29, 0.717) is 21.2 Å². The van der Waals surface area contributed by atoms with Gasteiger partial charge in [-0.3, -0.25) is 14.6 Å². The van der Waals surface area contributed by atoms with E-state index in [2.05, 4.69) is 11.0 Å². The average molecular weight is 460 g/mol. The summed E-state index contributed by atoms with van der Waals surface area (Å²) in [4.78, 5) is 21.2. The fourth-order valence-electron chi connectivity index (χ4n) is 3.91. The first kappa shape index (κ1) is 21.3. The number of amides is 1. The molecule has 1 aliphatic heterocycles. The number of benzene rings is 2. The fraction of sp³-hybridized carbons (Fsp3) is 0.304. The van der Waals surface area contributed by atoms with Gasteiger partial charge < -0.3 is 0 Å². The average Bonchev–Trinajstić information content (AvgIpc) is 3.36. The number of thiazole rings is 1. The van der Waals surface area contributed by atoms with Crippen LogP contribution in [0.15, 0.2) is 47.8 Å². The summed E-state index contributed by atoms with van der Waals surface area (Å²) in [7, 11) is 0. The van der Waals surface area contributed by atoms with E-state index in [1.807, 2.05) is 48.7 Å². The zero-order chi connectivity index (χ0) is 21.3. The Morgan fingerprint density at radius 2 is 1.97 bits per heavy atom. The summed E-state index contributed by atoms with van der Waals surface area (Å²) in [5.74, 6) is -0.0467. The number of rotatable bonds is 5. The van der Waals surface area contributed by atoms with E-state index in [4.69, 9.17) is 28.2 Å². The van der Waals surface area contributed by atoms with Crippen LogP contribution in [0.3, 0.4) is 0 Å². The number of aryl methyl sites for hydroxylation is 1. The van der Waals surface area contributed by atoms with Gasteiger partial charge in [0.2, 0.25) is 5.91 Å². The molecular formula is C23H23Cl2N3OS. The van der Waals surface area contributed by atoms with Crippen molar-refractivity contribution in [2.24, 2.45) is 0 Å². The quantitative estimate of drug-likeness (QED) is 0.421. The van der Waals surface area contributed by atoms with Crippen LogP contribution in [-0.2, 0) is 11.3 Å². The molecule has 4 rings (SSSR count). The number of nitrogens with zero attached hydrogens (tertiary/aromatic N) is 3. The predicted octanol–water partition coefficient (Wildman–Crippen LogP) is 6.78. The molecule has 1 aromatic heterocycles. The number of likely N-dealkylation sites (tertiary alicyclic amines) is 1. The third kappa shape index (κ3) is 4.54.